The van der Waals surface area contributed by atoms with Crippen LogP contribution in [0.2, 0.25) is 0 Å². The molecule has 1 N–H and O–H groups in total. The molecule has 0 aliphatic carbocycles. The highest BCUT2D eigenvalue weighted by Crippen LogP contribution is 2.33. The van der Waals surface area contributed by atoms with Crippen LogP contribution in [0.5, 0.6) is 11.5 Å². The Morgan fingerprint density at radius 2 is 1.84 bits per heavy atom. The number of aromatic nitrogens is 5. The molecule has 0 atom stereocenters. The number of benzene rings is 2. The summed E-state index contributed by atoms with van der Waals surface area (Å²) in [6.45, 7) is 8.07. The van der Waals surface area contributed by atoms with Gasteiger partial charge in [0.2, 0.25) is 0 Å². The van der Waals surface area contributed by atoms with Gasteiger partial charge in [0.25, 0.3) is 5.91 Å². The van der Waals surface area contributed by atoms with Gasteiger partial charge in [0, 0.05) is 73.9 Å². The van der Waals surface area contributed by atoms with Crippen LogP contribution in [-0.4, -0.2) is 86.6 Å². The number of pyridine rings is 1. The molecule has 11 nitrogen and oxygen atoms in total. The molecule has 5 aromatic rings. The summed E-state index contributed by atoms with van der Waals surface area (Å²) in [4.78, 5) is 33.3. The highest BCUT2D eigenvalue weighted by atomic mass is 16.5. The smallest absolute Gasteiger partial charge is 0.253 e. The fraction of sp³-hybridized carbons (Fsp3) is 0.303. The van der Waals surface area contributed by atoms with Crippen LogP contribution >= 0.6 is 0 Å². The molecule has 5 heterocycles. The third-order valence-corrected chi connectivity index (χ3v) is 8.40. The van der Waals surface area contributed by atoms with Crippen LogP contribution in [0, 0.1) is 6.92 Å². The Balaban J connectivity index is 1.05. The van der Waals surface area contributed by atoms with Crippen molar-refractivity contribution in [3.05, 3.63) is 84.6 Å². The Labute approximate surface area is 255 Å². The van der Waals surface area contributed by atoms with Crippen LogP contribution in [0.4, 0.5) is 17.2 Å². The van der Waals surface area contributed by atoms with Gasteiger partial charge in [0.05, 0.1) is 5.52 Å². The maximum atomic E-state index is 13.4. The average Bonchev–Trinajstić information content (AvgIpc) is 3.65. The summed E-state index contributed by atoms with van der Waals surface area (Å²) in [5, 5.41) is 8.43. The Hall–Kier alpha value is -4.87. The molecule has 0 saturated carbocycles. The lowest BCUT2D eigenvalue weighted by molar-refractivity contribution is -0.114. The van der Waals surface area contributed by atoms with Gasteiger partial charge in [-0.3, -0.25) is 4.79 Å². The molecule has 11 heteroatoms. The number of hydrogen-bond acceptors (Lipinski definition) is 9. The van der Waals surface area contributed by atoms with E-state index in [2.05, 4.69) is 48.3 Å². The maximum absolute atomic E-state index is 13.4. The zero-order chi connectivity index (χ0) is 30.0. The molecule has 2 fully saturated rings. The molecule has 0 spiro atoms. The van der Waals surface area contributed by atoms with Crippen molar-refractivity contribution in [2.75, 3.05) is 56.5 Å². The van der Waals surface area contributed by atoms with Crippen molar-refractivity contribution in [1.29, 1.82) is 0 Å². The van der Waals surface area contributed by atoms with Crippen molar-refractivity contribution in [2.24, 2.45) is 0 Å². The Morgan fingerprint density at radius 3 is 2.70 bits per heavy atom. The number of amides is 1. The number of fused-ring (bicyclic) bond motifs is 2. The molecule has 44 heavy (non-hydrogen) atoms. The summed E-state index contributed by atoms with van der Waals surface area (Å²) in [5.74, 6) is 2.20. The van der Waals surface area contributed by atoms with Crippen LogP contribution in [0.3, 0.4) is 0 Å². The van der Waals surface area contributed by atoms with Crippen molar-refractivity contribution in [1.82, 2.24) is 34.4 Å². The summed E-state index contributed by atoms with van der Waals surface area (Å²) in [6, 6.07) is 15.5. The first-order chi connectivity index (χ1) is 21.5. The van der Waals surface area contributed by atoms with E-state index in [1.54, 1.807) is 10.8 Å². The van der Waals surface area contributed by atoms with Gasteiger partial charge < -0.3 is 24.8 Å². The first kappa shape index (κ1) is 27.9. The van der Waals surface area contributed by atoms with Gasteiger partial charge in [-0.05, 0) is 74.8 Å². The number of carbonyl (C=O) groups is 1. The third kappa shape index (κ3) is 5.84. The maximum Gasteiger partial charge on any atom is 0.253 e. The number of anilines is 3. The molecule has 3 aromatic heterocycles. The van der Waals surface area contributed by atoms with E-state index in [0.29, 0.717) is 18.1 Å². The number of carbonyl (C=O) groups excluding carboxylic acids is 1. The van der Waals surface area contributed by atoms with E-state index in [-0.39, 0.29) is 5.91 Å². The van der Waals surface area contributed by atoms with E-state index in [0.717, 1.165) is 90.4 Å². The van der Waals surface area contributed by atoms with E-state index >= 15 is 0 Å². The molecular formula is C33H35N9O2. The highest BCUT2D eigenvalue weighted by Gasteiger charge is 2.27. The van der Waals surface area contributed by atoms with Crippen LogP contribution in [0.25, 0.3) is 16.6 Å². The predicted molar refractivity (Wildman–Crippen MR) is 171 cm³/mol. The topological polar surface area (TPSA) is 104 Å². The van der Waals surface area contributed by atoms with E-state index in [1.165, 1.54) is 6.33 Å². The van der Waals surface area contributed by atoms with E-state index in [1.807, 2.05) is 66.6 Å². The SMILES string of the molecule is Cc1cc(Nc2ncnc3ccc(N4CC/C(=C\CCN5CCN(C)CC5)C4=O)cc23)ccc1Oc1ccn2ncnc2c1. The number of nitrogens with one attached hydrogen (secondary N) is 1. The molecule has 0 unspecified atom stereocenters. The summed E-state index contributed by atoms with van der Waals surface area (Å²) >= 11 is 0. The van der Waals surface area contributed by atoms with Gasteiger partial charge in [0.1, 0.15) is 30.0 Å². The molecule has 224 valence electrons. The molecule has 2 aromatic carbocycles. The predicted octanol–water partition coefficient (Wildman–Crippen LogP) is 4.82. The summed E-state index contributed by atoms with van der Waals surface area (Å²) in [5.41, 5.74) is 5.12. The van der Waals surface area contributed by atoms with Crippen molar-refractivity contribution in [3.63, 3.8) is 0 Å². The lowest BCUT2D eigenvalue weighted by atomic mass is 10.1. The minimum absolute atomic E-state index is 0.0865. The lowest BCUT2D eigenvalue weighted by Gasteiger charge is -2.32. The number of nitrogens with zero attached hydrogens (tertiary/aromatic N) is 8. The molecule has 0 bridgehead atoms. The summed E-state index contributed by atoms with van der Waals surface area (Å²) in [6.07, 6.45) is 8.69. The summed E-state index contributed by atoms with van der Waals surface area (Å²) in [7, 11) is 2.17. The third-order valence-electron chi connectivity index (χ3n) is 8.40. The molecule has 2 aliphatic heterocycles. The van der Waals surface area contributed by atoms with E-state index in [9.17, 15) is 4.79 Å². The number of likely N-dealkylation sites (N-methyl/N-ethyl adjacent to an activating group) is 1. The molecule has 7 rings (SSSR count). The van der Waals surface area contributed by atoms with Crippen molar-refractivity contribution < 1.29 is 9.53 Å². The van der Waals surface area contributed by atoms with Gasteiger partial charge >= 0.3 is 0 Å². The number of rotatable bonds is 8. The molecule has 2 aliphatic rings. The van der Waals surface area contributed by atoms with Crippen molar-refractivity contribution >= 4 is 39.6 Å². The Bertz CT molecular complexity index is 1860. The average molecular weight is 590 g/mol. The normalized spacial score (nSPS) is 17.3. The molecule has 0 radical (unpaired) electrons. The van der Waals surface area contributed by atoms with Crippen LogP contribution in [0.1, 0.15) is 18.4 Å². The number of aryl methyl sites for hydroxylation is 1. The largest absolute Gasteiger partial charge is 0.457 e. The second-order valence-electron chi connectivity index (χ2n) is 11.4. The van der Waals surface area contributed by atoms with Crippen molar-refractivity contribution in [2.45, 2.75) is 19.8 Å². The van der Waals surface area contributed by atoms with Crippen LogP contribution < -0.4 is 15.0 Å². The second-order valence-corrected chi connectivity index (χ2v) is 11.4. The van der Waals surface area contributed by atoms with Crippen LogP contribution in [-0.2, 0) is 4.79 Å². The zero-order valence-corrected chi connectivity index (χ0v) is 25.0. The molecule has 2 saturated heterocycles. The van der Waals surface area contributed by atoms with Gasteiger partial charge in [-0.1, -0.05) is 6.08 Å². The monoisotopic (exact) mass is 589 g/mol. The highest BCUT2D eigenvalue weighted by molar-refractivity contribution is 6.09. The fourth-order valence-corrected chi connectivity index (χ4v) is 5.82. The number of piperazine rings is 1. The summed E-state index contributed by atoms with van der Waals surface area (Å²) < 4.78 is 7.82. The standard InChI is InChI=1S/C33H35N9O2/c1-23-18-25(5-8-30(23)44-27-10-13-42-31(20-27)35-22-37-42)38-32-28-19-26(6-7-29(28)34-21-36-32)41-12-9-24(33(41)43)4-3-11-40-16-14-39(2)15-17-40/h4-8,10,13,18-22H,3,9,11-12,14-17H2,1-2H3,(H,34,36,38)/b24-4+. The van der Waals surface area contributed by atoms with Gasteiger partial charge in [-0.15, -0.1) is 0 Å². The van der Waals surface area contributed by atoms with Crippen molar-refractivity contribution in [3.8, 4) is 11.5 Å². The fourth-order valence-electron chi connectivity index (χ4n) is 5.82. The lowest BCUT2D eigenvalue weighted by Crippen LogP contribution is -2.44. The Kier molecular flexibility index (Phi) is 7.63. The molecule has 1 amide bonds. The first-order valence-corrected chi connectivity index (χ1v) is 15.0. The molecular weight excluding hydrogens is 554 g/mol. The van der Waals surface area contributed by atoms with Gasteiger partial charge in [0.15, 0.2) is 5.65 Å². The zero-order valence-electron chi connectivity index (χ0n) is 25.0. The minimum Gasteiger partial charge on any atom is -0.457 e. The number of ether oxygens (including phenoxy) is 1. The first-order valence-electron chi connectivity index (χ1n) is 15.0. The second kappa shape index (κ2) is 12.0. The Morgan fingerprint density at radius 1 is 0.955 bits per heavy atom. The van der Waals surface area contributed by atoms with E-state index in [4.69, 9.17) is 4.74 Å². The number of hydrogen-bond donors (Lipinski definition) is 1. The van der Waals surface area contributed by atoms with Gasteiger partial charge in [-0.2, -0.15) is 5.10 Å². The quantitative estimate of drug-likeness (QED) is 0.255. The van der Waals surface area contributed by atoms with Crippen LogP contribution in [0.15, 0.2) is 79.0 Å². The van der Waals surface area contributed by atoms with E-state index < -0.39 is 0 Å². The van der Waals surface area contributed by atoms with Gasteiger partial charge in [-0.25, -0.2) is 19.5 Å². The minimum atomic E-state index is 0.0865.